The summed E-state index contributed by atoms with van der Waals surface area (Å²) in [6, 6.07) is 3.70. The molecular formula is C12H20O4S2. The van der Waals surface area contributed by atoms with E-state index < -0.39 is 20.6 Å². The van der Waals surface area contributed by atoms with Crippen molar-refractivity contribution in [3.05, 3.63) is 22.4 Å². The first-order chi connectivity index (χ1) is 7.97. The fraction of sp³-hybridized carbons (Fsp3) is 0.583. The van der Waals surface area contributed by atoms with E-state index >= 15 is 0 Å². The van der Waals surface area contributed by atoms with Crippen molar-refractivity contribution in [2.24, 2.45) is 0 Å². The summed E-state index contributed by atoms with van der Waals surface area (Å²) in [7, 11) is -2.84. The Kier molecular flexibility index (Phi) is 6.02. The van der Waals surface area contributed by atoms with Gasteiger partial charge in [0.2, 0.25) is 0 Å². The van der Waals surface area contributed by atoms with E-state index in [1.807, 2.05) is 17.5 Å². The van der Waals surface area contributed by atoms with Crippen LogP contribution in [-0.2, 0) is 14.6 Å². The van der Waals surface area contributed by atoms with Crippen molar-refractivity contribution in [1.82, 2.24) is 0 Å². The first-order valence-corrected chi connectivity index (χ1v) is 8.19. The van der Waals surface area contributed by atoms with Gasteiger partial charge in [-0.2, -0.15) is 0 Å². The third-order valence-electron chi connectivity index (χ3n) is 2.45. The van der Waals surface area contributed by atoms with E-state index in [1.165, 1.54) is 17.6 Å². The van der Waals surface area contributed by atoms with Crippen molar-refractivity contribution in [2.45, 2.75) is 38.4 Å². The second-order valence-electron chi connectivity index (χ2n) is 4.96. The SMILES string of the molecule is CC(C(=O)O)c1cccs1.CC(C)(C)S(C)(=O)=O. The molecule has 1 aromatic rings. The molecule has 0 saturated heterocycles. The molecule has 1 rings (SSSR count). The lowest BCUT2D eigenvalue weighted by atomic mass is 10.1. The summed E-state index contributed by atoms with van der Waals surface area (Å²) in [5.41, 5.74) is 0. The summed E-state index contributed by atoms with van der Waals surface area (Å²) in [5, 5.41) is 10.4. The molecule has 0 aliphatic carbocycles. The van der Waals surface area contributed by atoms with Crippen molar-refractivity contribution in [3.63, 3.8) is 0 Å². The molecule has 0 aliphatic heterocycles. The average Bonchev–Trinajstić information content (AvgIpc) is 2.66. The monoisotopic (exact) mass is 292 g/mol. The van der Waals surface area contributed by atoms with E-state index in [2.05, 4.69) is 0 Å². The Bertz CT molecular complexity index is 467. The number of carboxylic acid groups (broad SMARTS) is 1. The predicted octanol–water partition coefficient (Wildman–Crippen LogP) is 2.77. The molecule has 1 heterocycles. The summed E-state index contributed by atoms with van der Waals surface area (Å²) in [5.74, 6) is -1.12. The molecule has 0 radical (unpaired) electrons. The number of hydrogen-bond acceptors (Lipinski definition) is 4. The topological polar surface area (TPSA) is 71.4 Å². The van der Waals surface area contributed by atoms with E-state index in [4.69, 9.17) is 5.11 Å². The zero-order chi connectivity index (χ0) is 14.6. The van der Waals surface area contributed by atoms with Crippen LogP contribution in [-0.4, -0.2) is 30.5 Å². The normalized spacial score (nSPS) is 13.4. The van der Waals surface area contributed by atoms with Crippen molar-refractivity contribution in [2.75, 3.05) is 6.26 Å². The highest BCUT2D eigenvalue weighted by molar-refractivity contribution is 7.92. The van der Waals surface area contributed by atoms with E-state index in [1.54, 1.807) is 27.7 Å². The van der Waals surface area contributed by atoms with Crippen LogP contribution in [0.15, 0.2) is 17.5 Å². The molecule has 104 valence electrons. The van der Waals surface area contributed by atoms with Crippen molar-refractivity contribution < 1.29 is 18.3 Å². The second kappa shape index (κ2) is 6.33. The zero-order valence-corrected chi connectivity index (χ0v) is 12.9. The number of sulfone groups is 1. The number of rotatable bonds is 2. The van der Waals surface area contributed by atoms with Gasteiger partial charge in [0, 0.05) is 11.1 Å². The molecule has 1 N–H and O–H groups in total. The molecule has 0 fully saturated rings. The Balaban J connectivity index is 0.000000331. The van der Waals surface area contributed by atoms with Gasteiger partial charge in [0.1, 0.15) is 0 Å². The molecular weight excluding hydrogens is 272 g/mol. The van der Waals surface area contributed by atoms with Gasteiger partial charge in [-0.15, -0.1) is 11.3 Å². The Morgan fingerprint density at radius 3 is 2.06 bits per heavy atom. The third kappa shape index (κ3) is 5.64. The van der Waals surface area contributed by atoms with Gasteiger partial charge in [-0.25, -0.2) is 8.42 Å². The van der Waals surface area contributed by atoms with Crippen LogP contribution in [0.5, 0.6) is 0 Å². The molecule has 0 aromatic carbocycles. The summed E-state index contributed by atoms with van der Waals surface area (Å²) >= 11 is 1.48. The molecule has 0 aliphatic rings. The highest BCUT2D eigenvalue weighted by Crippen LogP contribution is 2.20. The summed E-state index contributed by atoms with van der Waals surface area (Å²) in [6.45, 7) is 6.74. The van der Waals surface area contributed by atoms with Crippen LogP contribution < -0.4 is 0 Å². The van der Waals surface area contributed by atoms with Gasteiger partial charge in [-0.1, -0.05) is 6.07 Å². The Labute approximate surface area is 113 Å². The Morgan fingerprint density at radius 1 is 1.39 bits per heavy atom. The van der Waals surface area contributed by atoms with Crippen LogP contribution in [0.3, 0.4) is 0 Å². The molecule has 0 amide bonds. The highest BCUT2D eigenvalue weighted by atomic mass is 32.2. The largest absolute Gasteiger partial charge is 0.481 e. The molecule has 1 atom stereocenters. The lowest BCUT2D eigenvalue weighted by Gasteiger charge is -2.14. The average molecular weight is 292 g/mol. The number of aliphatic carboxylic acids is 1. The minimum Gasteiger partial charge on any atom is -0.481 e. The van der Waals surface area contributed by atoms with E-state index in [9.17, 15) is 13.2 Å². The van der Waals surface area contributed by atoms with Crippen LogP contribution in [0.25, 0.3) is 0 Å². The van der Waals surface area contributed by atoms with Gasteiger partial charge in [0.25, 0.3) is 0 Å². The summed E-state index contributed by atoms with van der Waals surface area (Å²) in [6.07, 6.45) is 1.24. The minimum atomic E-state index is -2.84. The standard InChI is InChI=1S/C7H8O2S.C5H12O2S/c1-5(7(8)9)6-3-2-4-10-6;1-5(2,3)8(4,6)7/h2-5H,1H3,(H,8,9);1-4H3. The molecule has 0 saturated carbocycles. The first-order valence-electron chi connectivity index (χ1n) is 5.42. The van der Waals surface area contributed by atoms with Crippen LogP contribution in [0.2, 0.25) is 0 Å². The Morgan fingerprint density at radius 2 is 1.83 bits per heavy atom. The fourth-order valence-corrected chi connectivity index (χ4v) is 1.44. The molecule has 18 heavy (non-hydrogen) atoms. The van der Waals surface area contributed by atoms with Crippen molar-refractivity contribution >= 4 is 27.1 Å². The van der Waals surface area contributed by atoms with Crippen LogP contribution in [0.1, 0.15) is 38.5 Å². The number of carboxylic acids is 1. The smallest absolute Gasteiger partial charge is 0.311 e. The number of carbonyl (C=O) groups is 1. The molecule has 4 nitrogen and oxygen atoms in total. The van der Waals surface area contributed by atoms with Crippen molar-refractivity contribution in [1.29, 1.82) is 0 Å². The first kappa shape index (κ1) is 17.1. The maximum Gasteiger partial charge on any atom is 0.311 e. The molecule has 1 unspecified atom stereocenters. The Hall–Kier alpha value is -0.880. The van der Waals surface area contributed by atoms with Gasteiger partial charge < -0.3 is 5.11 Å². The van der Waals surface area contributed by atoms with Crippen LogP contribution in [0, 0.1) is 0 Å². The quantitative estimate of drug-likeness (QED) is 0.909. The maximum atomic E-state index is 10.7. The number of thiophene rings is 1. The van der Waals surface area contributed by atoms with Gasteiger partial charge in [0.15, 0.2) is 9.84 Å². The maximum absolute atomic E-state index is 10.7. The summed E-state index contributed by atoms with van der Waals surface area (Å²) < 4.78 is 20.7. The van der Waals surface area contributed by atoms with E-state index in [0.717, 1.165) is 4.88 Å². The van der Waals surface area contributed by atoms with Gasteiger partial charge in [-0.05, 0) is 39.1 Å². The van der Waals surface area contributed by atoms with Crippen LogP contribution in [0.4, 0.5) is 0 Å². The van der Waals surface area contributed by atoms with Gasteiger partial charge in [-0.3, -0.25) is 4.79 Å². The third-order valence-corrected chi connectivity index (χ3v) is 5.73. The van der Waals surface area contributed by atoms with Crippen molar-refractivity contribution in [3.8, 4) is 0 Å². The summed E-state index contributed by atoms with van der Waals surface area (Å²) in [4.78, 5) is 11.3. The molecule has 6 heteroatoms. The van der Waals surface area contributed by atoms with Gasteiger partial charge in [0.05, 0.1) is 10.7 Å². The zero-order valence-electron chi connectivity index (χ0n) is 11.3. The lowest BCUT2D eigenvalue weighted by molar-refractivity contribution is -0.138. The van der Waals surface area contributed by atoms with E-state index in [0.29, 0.717) is 0 Å². The highest BCUT2D eigenvalue weighted by Gasteiger charge is 2.22. The lowest BCUT2D eigenvalue weighted by Crippen LogP contribution is -2.26. The number of hydrogen-bond donors (Lipinski definition) is 1. The minimum absolute atomic E-state index is 0.361. The second-order valence-corrected chi connectivity index (χ2v) is 8.71. The van der Waals surface area contributed by atoms with Gasteiger partial charge >= 0.3 is 5.97 Å². The predicted molar refractivity (Wildman–Crippen MR) is 75.0 cm³/mol. The fourth-order valence-electron chi connectivity index (χ4n) is 0.659. The van der Waals surface area contributed by atoms with Crippen LogP contribution >= 0.6 is 11.3 Å². The molecule has 0 spiro atoms. The van der Waals surface area contributed by atoms with E-state index in [-0.39, 0.29) is 5.92 Å². The molecule has 0 bridgehead atoms. The molecule has 1 aromatic heterocycles.